The smallest absolute Gasteiger partial charge is 0.306 e. The van der Waals surface area contributed by atoms with E-state index in [1.54, 1.807) is 35.6 Å². The van der Waals surface area contributed by atoms with Gasteiger partial charge in [-0.2, -0.15) is 0 Å². The van der Waals surface area contributed by atoms with Crippen LogP contribution in [-0.2, 0) is 16.0 Å². The minimum absolute atomic E-state index is 0.251. The van der Waals surface area contributed by atoms with Crippen LogP contribution in [-0.4, -0.2) is 40.8 Å². The highest BCUT2D eigenvalue weighted by molar-refractivity contribution is 7.18. The summed E-state index contributed by atoms with van der Waals surface area (Å²) in [6.07, 6.45) is 2.04. The van der Waals surface area contributed by atoms with E-state index in [2.05, 4.69) is 4.98 Å². The first-order chi connectivity index (χ1) is 14.1. The monoisotopic (exact) mass is 408 g/mol. The molecule has 0 fully saturated rings. The maximum atomic E-state index is 12.3. The number of esters is 1. The zero-order valence-electron chi connectivity index (χ0n) is 15.8. The average Bonchev–Trinajstić information content (AvgIpc) is 3.26. The van der Waals surface area contributed by atoms with Gasteiger partial charge < -0.3 is 4.74 Å². The second kappa shape index (κ2) is 8.53. The van der Waals surface area contributed by atoms with Crippen LogP contribution in [0.4, 0.5) is 0 Å². The summed E-state index contributed by atoms with van der Waals surface area (Å²) in [5.41, 5.74) is 1.87. The van der Waals surface area contributed by atoms with E-state index in [1.807, 2.05) is 24.3 Å². The van der Waals surface area contributed by atoms with Gasteiger partial charge in [-0.05, 0) is 37.1 Å². The number of hydrogen-bond acceptors (Lipinski definition) is 6. The number of nitrogens with zero attached hydrogens (tertiary/aromatic N) is 2. The van der Waals surface area contributed by atoms with Crippen LogP contribution in [0.3, 0.4) is 0 Å². The number of amides is 2. The number of hydrogen-bond donors (Lipinski definition) is 0. The molecule has 148 valence electrons. The van der Waals surface area contributed by atoms with Gasteiger partial charge in [-0.25, -0.2) is 4.98 Å². The Balaban J connectivity index is 1.16. The molecule has 4 rings (SSSR count). The predicted molar refractivity (Wildman–Crippen MR) is 110 cm³/mol. The van der Waals surface area contributed by atoms with E-state index in [4.69, 9.17) is 4.74 Å². The average molecular weight is 408 g/mol. The number of rotatable bonds is 8. The molecule has 29 heavy (non-hydrogen) atoms. The van der Waals surface area contributed by atoms with Crippen molar-refractivity contribution in [3.05, 3.63) is 64.7 Å². The number of aryl methyl sites for hydroxylation is 1. The lowest BCUT2D eigenvalue weighted by molar-refractivity contribution is -0.143. The van der Waals surface area contributed by atoms with E-state index in [9.17, 15) is 14.4 Å². The van der Waals surface area contributed by atoms with Crippen molar-refractivity contribution in [2.45, 2.75) is 25.7 Å². The summed E-state index contributed by atoms with van der Waals surface area (Å²) < 4.78 is 6.38. The predicted octanol–water partition coefficient (Wildman–Crippen LogP) is 3.85. The number of fused-ring (bicyclic) bond motifs is 2. The number of ether oxygens (including phenoxy) is 1. The molecule has 0 atom stereocenters. The summed E-state index contributed by atoms with van der Waals surface area (Å²) >= 11 is 1.59. The molecule has 1 aromatic heterocycles. The number of benzene rings is 2. The maximum Gasteiger partial charge on any atom is 0.306 e. The Morgan fingerprint density at radius 2 is 1.66 bits per heavy atom. The van der Waals surface area contributed by atoms with Crippen molar-refractivity contribution in [1.82, 2.24) is 9.88 Å². The lowest BCUT2D eigenvalue weighted by Gasteiger charge is -2.13. The molecule has 0 saturated carbocycles. The summed E-state index contributed by atoms with van der Waals surface area (Å²) in [6, 6.07) is 14.7. The zero-order valence-corrected chi connectivity index (χ0v) is 16.6. The molecular formula is C22H20N2O4S. The van der Waals surface area contributed by atoms with Gasteiger partial charge in [0.15, 0.2) is 0 Å². The molecule has 0 radical (unpaired) electrons. The molecule has 6 nitrogen and oxygen atoms in total. The molecule has 0 aliphatic carbocycles. The number of carbonyl (C=O) groups excluding carboxylic acids is 3. The van der Waals surface area contributed by atoms with Crippen molar-refractivity contribution in [1.29, 1.82) is 0 Å². The summed E-state index contributed by atoms with van der Waals surface area (Å²) in [7, 11) is 0. The van der Waals surface area contributed by atoms with Gasteiger partial charge in [-0.3, -0.25) is 19.3 Å². The molecule has 0 saturated heterocycles. The van der Waals surface area contributed by atoms with Crippen molar-refractivity contribution in [3.63, 3.8) is 0 Å². The quantitative estimate of drug-likeness (QED) is 0.321. The molecule has 3 aromatic rings. The maximum absolute atomic E-state index is 12.3. The van der Waals surface area contributed by atoms with Crippen molar-refractivity contribution in [2.24, 2.45) is 0 Å². The first-order valence-corrected chi connectivity index (χ1v) is 10.4. The summed E-state index contributed by atoms with van der Waals surface area (Å²) in [6.45, 7) is 0.609. The molecule has 2 heterocycles. The summed E-state index contributed by atoms with van der Waals surface area (Å²) in [5.74, 6) is -0.762. The first kappa shape index (κ1) is 19.3. The molecule has 2 aromatic carbocycles. The molecule has 2 amide bonds. The minimum Gasteiger partial charge on any atom is -0.466 e. The Hall–Kier alpha value is -3.06. The third-order valence-electron chi connectivity index (χ3n) is 4.80. The number of carbonyl (C=O) groups is 3. The lowest BCUT2D eigenvalue weighted by atomic mass is 10.1. The Bertz CT molecular complexity index is 1010. The number of imide groups is 1. The van der Waals surface area contributed by atoms with Gasteiger partial charge in [0.05, 0.1) is 39.4 Å². The Morgan fingerprint density at radius 3 is 2.38 bits per heavy atom. The van der Waals surface area contributed by atoms with Gasteiger partial charge in [0.2, 0.25) is 0 Å². The molecule has 0 spiro atoms. The standard InChI is InChI=1S/C22H20N2O4S/c25-20(12-11-19-23-17-9-3-4-10-18(17)29-19)28-14-6-5-13-24-21(26)15-7-1-2-8-16(15)22(24)27/h1-4,7-10H,5-6,11-14H2. The van der Waals surface area contributed by atoms with Gasteiger partial charge in [-0.1, -0.05) is 24.3 Å². The second-order valence-electron chi connectivity index (χ2n) is 6.81. The van der Waals surface area contributed by atoms with Crippen LogP contribution in [0.5, 0.6) is 0 Å². The number of para-hydroxylation sites is 1. The Labute approximate surface area is 172 Å². The number of thiazole rings is 1. The Kier molecular flexibility index (Phi) is 5.67. The molecular weight excluding hydrogens is 388 g/mol. The van der Waals surface area contributed by atoms with Gasteiger partial charge >= 0.3 is 5.97 Å². The van der Waals surface area contributed by atoms with E-state index in [0.29, 0.717) is 36.9 Å². The summed E-state index contributed by atoms with van der Waals surface area (Å²) in [5, 5.41) is 0.925. The highest BCUT2D eigenvalue weighted by Crippen LogP contribution is 2.23. The number of aromatic nitrogens is 1. The van der Waals surface area contributed by atoms with Crippen LogP contribution < -0.4 is 0 Å². The van der Waals surface area contributed by atoms with E-state index in [1.165, 1.54) is 4.90 Å². The van der Waals surface area contributed by atoms with E-state index in [-0.39, 0.29) is 30.8 Å². The third kappa shape index (κ3) is 4.19. The van der Waals surface area contributed by atoms with Crippen LogP contribution in [0.2, 0.25) is 0 Å². The van der Waals surface area contributed by atoms with Gasteiger partial charge in [-0.15, -0.1) is 11.3 Å². The Morgan fingerprint density at radius 1 is 0.966 bits per heavy atom. The topological polar surface area (TPSA) is 76.6 Å². The van der Waals surface area contributed by atoms with Crippen molar-refractivity contribution >= 4 is 39.3 Å². The van der Waals surface area contributed by atoms with Gasteiger partial charge in [0.25, 0.3) is 11.8 Å². The molecule has 1 aliphatic rings. The SMILES string of the molecule is O=C(CCc1nc2ccccc2s1)OCCCCN1C(=O)c2ccccc2C1=O. The molecule has 7 heteroatoms. The van der Waals surface area contributed by atoms with Crippen molar-refractivity contribution in [2.75, 3.05) is 13.2 Å². The van der Waals surface area contributed by atoms with Crippen LogP contribution in [0.15, 0.2) is 48.5 Å². The molecule has 0 unspecified atom stereocenters. The highest BCUT2D eigenvalue weighted by Gasteiger charge is 2.34. The van der Waals surface area contributed by atoms with E-state index >= 15 is 0 Å². The lowest BCUT2D eigenvalue weighted by Crippen LogP contribution is -2.30. The van der Waals surface area contributed by atoms with Crippen LogP contribution >= 0.6 is 11.3 Å². The summed E-state index contributed by atoms with van der Waals surface area (Å²) in [4.78, 5) is 42.3. The van der Waals surface area contributed by atoms with E-state index in [0.717, 1.165) is 15.2 Å². The van der Waals surface area contributed by atoms with Crippen LogP contribution in [0.1, 0.15) is 45.0 Å². The zero-order chi connectivity index (χ0) is 20.2. The van der Waals surface area contributed by atoms with E-state index < -0.39 is 0 Å². The fourth-order valence-electron chi connectivity index (χ4n) is 3.31. The van der Waals surface area contributed by atoms with Gasteiger partial charge in [0, 0.05) is 13.0 Å². The fraction of sp³-hybridized carbons (Fsp3) is 0.273. The second-order valence-corrected chi connectivity index (χ2v) is 7.93. The molecule has 1 aliphatic heterocycles. The normalized spacial score (nSPS) is 13.2. The minimum atomic E-state index is -0.259. The van der Waals surface area contributed by atoms with Gasteiger partial charge in [0.1, 0.15) is 0 Å². The van der Waals surface area contributed by atoms with Crippen molar-refractivity contribution in [3.8, 4) is 0 Å². The first-order valence-electron chi connectivity index (χ1n) is 9.59. The van der Waals surface area contributed by atoms with Crippen molar-refractivity contribution < 1.29 is 19.1 Å². The largest absolute Gasteiger partial charge is 0.466 e. The fourth-order valence-corrected chi connectivity index (χ4v) is 4.28. The third-order valence-corrected chi connectivity index (χ3v) is 5.89. The highest BCUT2D eigenvalue weighted by atomic mass is 32.1. The number of unbranched alkanes of at least 4 members (excludes halogenated alkanes) is 1. The molecule has 0 bridgehead atoms. The van der Waals surface area contributed by atoms with Crippen LogP contribution in [0, 0.1) is 0 Å². The molecule has 0 N–H and O–H groups in total. The van der Waals surface area contributed by atoms with Crippen LogP contribution in [0.25, 0.3) is 10.2 Å².